The van der Waals surface area contributed by atoms with Gasteiger partial charge in [-0.25, -0.2) is 4.98 Å². The van der Waals surface area contributed by atoms with Crippen molar-refractivity contribution in [1.82, 2.24) is 9.88 Å². The van der Waals surface area contributed by atoms with Gasteiger partial charge in [0.25, 0.3) is 0 Å². The molecule has 0 unspecified atom stereocenters. The van der Waals surface area contributed by atoms with Crippen molar-refractivity contribution in [1.29, 1.82) is 5.26 Å². The molecule has 4 heteroatoms. The molecule has 21 heavy (non-hydrogen) atoms. The Balaban J connectivity index is 1.83. The molecule has 0 spiro atoms. The van der Waals surface area contributed by atoms with E-state index in [0.29, 0.717) is 5.56 Å². The van der Waals surface area contributed by atoms with Crippen LogP contribution in [-0.2, 0) is 18.7 Å². The van der Waals surface area contributed by atoms with Gasteiger partial charge in [0.15, 0.2) is 0 Å². The van der Waals surface area contributed by atoms with Gasteiger partial charge in [0.1, 0.15) is 11.1 Å². The first-order valence-corrected chi connectivity index (χ1v) is 8.03. The van der Waals surface area contributed by atoms with Gasteiger partial charge in [-0.15, -0.1) is 11.8 Å². The number of nitriles is 1. The average molecular weight is 295 g/mol. The highest BCUT2D eigenvalue weighted by Crippen LogP contribution is 2.28. The first-order chi connectivity index (χ1) is 10.3. The molecule has 0 radical (unpaired) electrons. The second-order valence-corrected chi connectivity index (χ2v) is 6.28. The molecule has 0 bridgehead atoms. The lowest BCUT2D eigenvalue weighted by molar-refractivity contribution is 0.309. The van der Waals surface area contributed by atoms with Crippen LogP contribution in [0.3, 0.4) is 0 Å². The summed E-state index contributed by atoms with van der Waals surface area (Å²) in [6.45, 7) is 1.93. The van der Waals surface area contributed by atoms with Gasteiger partial charge in [-0.1, -0.05) is 30.3 Å². The molecule has 0 fully saturated rings. The molecule has 3 rings (SSSR count). The highest BCUT2D eigenvalue weighted by molar-refractivity contribution is 7.98. The molecule has 1 aromatic carbocycles. The number of benzene rings is 1. The van der Waals surface area contributed by atoms with Gasteiger partial charge in [-0.05, 0) is 24.2 Å². The fourth-order valence-corrected chi connectivity index (χ4v) is 3.44. The van der Waals surface area contributed by atoms with Crippen molar-refractivity contribution in [2.75, 3.05) is 13.6 Å². The Morgan fingerprint density at radius 3 is 2.90 bits per heavy atom. The monoisotopic (exact) mass is 295 g/mol. The molecule has 1 aromatic heterocycles. The summed E-state index contributed by atoms with van der Waals surface area (Å²) < 4.78 is 0. The average Bonchev–Trinajstić information content (AvgIpc) is 2.53. The van der Waals surface area contributed by atoms with E-state index in [-0.39, 0.29) is 0 Å². The Morgan fingerprint density at radius 1 is 1.33 bits per heavy atom. The van der Waals surface area contributed by atoms with E-state index in [1.807, 2.05) is 24.3 Å². The maximum atomic E-state index is 9.37. The second-order valence-electron chi connectivity index (χ2n) is 5.32. The molecular weight excluding hydrogens is 278 g/mol. The van der Waals surface area contributed by atoms with Gasteiger partial charge in [0.05, 0.1) is 5.56 Å². The lowest BCUT2D eigenvalue weighted by Gasteiger charge is -2.24. The normalized spacial score (nSPS) is 14.5. The number of hydrogen-bond acceptors (Lipinski definition) is 4. The third-order valence-corrected chi connectivity index (χ3v) is 4.73. The number of nitrogens with zero attached hydrogens (tertiary/aromatic N) is 3. The quantitative estimate of drug-likeness (QED) is 0.815. The minimum atomic E-state index is 0.699. The van der Waals surface area contributed by atoms with Crippen molar-refractivity contribution in [3.05, 3.63) is 58.8 Å². The maximum absolute atomic E-state index is 9.37. The molecule has 2 heterocycles. The van der Waals surface area contributed by atoms with Crippen LogP contribution in [0.4, 0.5) is 0 Å². The maximum Gasteiger partial charge on any atom is 0.114 e. The fourth-order valence-electron chi connectivity index (χ4n) is 2.51. The lowest BCUT2D eigenvalue weighted by Crippen LogP contribution is -2.27. The van der Waals surface area contributed by atoms with Crippen molar-refractivity contribution >= 4 is 11.8 Å². The number of aromatic nitrogens is 1. The van der Waals surface area contributed by atoms with Gasteiger partial charge < -0.3 is 4.90 Å². The standard InChI is InChI=1S/C17H17N3S/c1-20-8-7-16-15(11-20)9-14(10-18)17(19-16)21-12-13-5-3-2-4-6-13/h2-6,9H,7-8,11-12H2,1H3. The molecule has 0 saturated carbocycles. The predicted molar refractivity (Wildman–Crippen MR) is 85.0 cm³/mol. The Kier molecular flexibility index (Phi) is 4.23. The Morgan fingerprint density at radius 2 is 2.14 bits per heavy atom. The fraction of sp³-hybridized carbons (Fsp3) is 0.294. The molecule has 2 aromatic rings. The molecule has 0 amide bonds. The summed E-state index contributed by atoms with van der Waals surface area (Å²) in [5.41, 5.74) is 4.31. The van der Waals surface area contributed by atoms with E-state index in [2.05, 4.69) is 30.1 Å². The summed E-state index contributed by atoms with van der Waals surface area (Å²) in [4.78, 5) is 7.01. The van der Waals surface area contributed by atoms with E-state index in [9.17, 15) is 5.26 Å². The van der Waals surface area contributed by atoms with Crippen molar-refractivity contribution in [3.63, 3.8) is 0 Å². The van der Waals surface area contributed by atoms with Crippen LogP contribution >= 0.6 is 11.8 Å². The number of rotatable bonds is 3. The zero-order valence-electron chi connectivity index (χ0n) is 12.0. The molecule has 106 valence electrons. The Bertz CT molecular complexity index is 676. The number of fused-ring (bicyclic) bond motifs is 1. The minimum absolute atomic E-state index is 0.699. The van der Waals surface area contributed by atoms with E-state index in [0.717, 1.165) is 36.0 Å². The van der Waals surface area contributed by atoms with Gasteiger partial charge in [-0.2, -0.15) is 5.26 Å². The van der Waals surface area contributed by atoms with E-state index < -0.39 is 0 Å². The highest BCUT2D eigenvalue weighted by Gasteiger charge is 2.17. The third kappa shape index (κ3) is 3.26. The predicted octanol–water partition coefficient (Wildman–Crippen LogP) is 3.23. The topological polar surface area (TPSA) is 39.9 Å². The van der Waals surface area contributed by atoms with Gasteiger partial charge in [-0.3, -0.25) is 0 Å². The van der Waals surface area contributed by atoms with Crippen LogP contribution in [0.1, 0.15) is 22.4 Å². The zero-order valence-corrected chi connectivity index (χ0v) is 12.9. The first kappa shape index (κ1) is 14.1. The van der Waals surface area contributed by atoms with E-state index in [1.165, 1.54) is 11.1 Å². The Hall–Kier alpha value is -1.83. The first-order valence-electron chi connectivity index (χ1n) is 7.04. The zero-order chi connectivity index (χ0) is 14.7. The molecule has 0 atom stereocenters. The van der Waals surface area contributed by atoms with Crippen molar-refractivity contribution in [3.8, 4) is 6.07 Å². The second kappa shape index (κ2) is 6.30. The molecule has 1 aliphatic rings. The summed E-state index contributed by atoms with van der Waals surface area (Å²) in [6, 6.07) is 14.6. The number of hydrogen-bond donors (Lipinski definition) is 0. The summed E-state index contributed by atoms with van der Waals surface area (Å²) in [7, 11) is 2.10. The SMILES string of the molecule is CN1CCc2nc(SCc3ccccc3)c(C#N)cc2C1. The van der Waals surface area contributed by atoms with Gasteiger partial charge >= 0.3 is 0 Å². The molecular formula is C17H17N3S. The summed E-state index contributed by atoms with van der Waals surface area (Å²) >= 11 is 1.65. The molecule has 3 nitrogen and oxygen atoms in total. The molecule has 0 N–H and O–H groups in total. The van der Waals surface area contributed by atoms with Crippen molar-refractivity contribution in [2.24, 2.45) is 0 Å². The smallest absolute Gasteiger partial charge is 0.114 e. The van der Waals surface area contributed by atoms with E-state index in [1.54, 1.807) is 11.8 Å². The van der Waals surface area contributed by atoms with Gasteiger partial charge in [0, 0.05) is 31.0 Å². The van der Waals surface area contributed by atoms with Crippen LogP contribution in [0.5, 0.6) is 0 Å². The molecule has 1 aliphatic heterocycles. The summed E-state index contributed by atoms with van der Waals surface area (Å²) in [5, 5.41) is 10.2. The largest absolute Gasteiger partial charge is 0.302 e. The van der Waals surface area contributed by atoms with Crippen molar-refractivity contribution < 1.29 is 0 Å². The van der Waals surface area contributed by atoms with Crippen LogP contribution in [-0.4, -0.2) is 23.5 Å². The lowest BCUT2D eigenvalue weighted by atomic mass is 10.0. The molecule has 0 aliphatic carbocycles. The van der Waals surface area contributed by atoms with Crippen LogP contribution < -0.4 is 0 Å². The van der Waals surface area contributed by atoms with E-state index >= 15 is 0 Å². The van der Waals surface area contributed by atoms with E-state index in [4.69, 9.17) is 4.98 Å². The van der Waals surface area contributed by atoms with Crippen LogP contribution in [0.15, 0.2) is 41.4 Å². The van der Waals surface area contributed by atoms with Crippen LogP contribution in [0, 0.1) is 11.3 Å². The van der Waals surface area contributed by atoms with Crippen LogP contribution in [0.25, 0.3) is 0 Å². The summed E-state index contributed by atoms with van der Waals surface area (Å²) in [5.74, 6) is 0.848. The number of likely N-dealkylation sites (N-methyl/N-ethyl adjacent to an activating group) is 1. The third-order valence-electron chi connectivity index (χ3n) is 3.67. The number of thioether (sulfide) groups is 1. The molecule has 0 saturated heterocycles. The minimum Gasteiger partial charge on any atom is -0.302 e. The number of pyridine rings is 1. The Labute approximate surface area is 129 Å². The summed E-state index contributed by atoms with van der Waals surface area (Å²) in [6.07, 6.45) is 0.969. The van der Waals surface area contributed by atoms with Gasteiger partial charge in [0.2, 0.25) is 0 Å². The van der Waals surface area contributed by atoms with Crippen molar-refractivity contribution in [2.45, 2.75) is 23.7 Å². The van der Waals surface area contributed by atoms with Crippen LogP contribution in [0.2, 0.25) is 0 Å². The highest BCUT2D eigenvalue weighted by atomic mass is 32.2.